The molecule has 0 radical (unpaired) electrons. The number of benzene rings is 1. The summed E-state index contributed by atoms with van der Waals surface area (Å²) < 4.78 is 5.03. The van der Waals surface area contributed by atoms with Crippen LogP contribution in [0, 0.1) is 0 Å². The lowest BCUT2D eigenvalue weighted by atomic mass is 9.87. The largest absolute Gasteiger partial charge is 0.466 e. The maximum absolute atomic E-state index is 13.4. The van der Waals surface area contributed by atoms with Crippen LogP contribution < -0.4 is 10.6 Å². The summed E-state index contributed by atoms with van der Waals surface area (Å²) in [5.74, 6) is -0.975. The topological polar surface area (TPSA) is 87.7 Å². The fourth-order valence-electron chi connectivity index (χ4n) is 4.80. The van der Waals surface area contributed by atoms with Crippen molar-refractivity contribution in [2.45, 2.75) is 57.2 Å². The van der Waals surface area contributed by atoms with Crippen LogP contribution in [0.15, 0.2) is 41.6 Å². The normalized spacial score (nSPS) is 26.0. The van der Waals surface area contributed by atoms with E-state index in [9.17, 15) is 14.4 Å². The molecule has 1 saturated carbocycles. The predicted molar refractivity (Wildman–Crippen MR) is 106 cm³/mol. The van der Waals surface area contributed by atoms with Crippen molar-refractivity contribution in [1.82, 2.24) is 15.5 Å². The van der Waals surface area contributed by atoms with Gasteiger partial charge in [-0.1, -0.05) is 43.2 Å². The zero-order valence-electron chi connectivity index (χ0n) is 16.6. The van der Waals surface area contributed by atoms with Crippen molar-refractivity contribution in [2.24, 2.45) is 0 Å². The van der Waals surface area contributed by atoms with Gasteiger partial charge in [0.25, 0.3) is 5.91 Å². The van der Waals surface area contributed by atoms with Crippen molar-refractivity contribution >= 4 is 17.8 Å². The average molecular weight is 397 g/mol. The van der Waals surface area contributed by atoms with Crippen molar-refractivity contribution < 1.29 is 19.1 Å². The third-order valence-corrected chi connectivity index (χ3v) is 6.00. The van der Waals surface area contributed by atoms with Crippen molar-refractivity contribution in [3.8, 4) is 0 Å². The Bertz CT molecular complexity index is 836. The molecule has 4 rings (SSSR count). The lowest BCUT2D eigenvalue weighted by Gasteiger charge is -2.42. The first-order valence-electron chi connectivity index (χ1n) is 10.4. The second-order valence-electron chi connectivity index (χ2n) is 7.77. The molecule has 3 unspecified atom stereocenters. The minimum atomic E-state index is -0.529. The molecule has 1 aromatic rings. The van der Waals surface area contributed by atoms with Gasteiger partial charge in [0.05, 0.1) is 30.8 Å². The number of carbonyl (C=O) groups is 3. The van der Waals surface area contributed by atoms with Crippen LogP contribution >= 0.6 is 0 Å². The number of amides is 2. The maximum Gasteiger partial charge on any atom is 0.315 e. The number of hydrogen-bond acceptors (Lipinski definition) is 5. The van der Waals surface area contributed by atoms with Crippen LogP contribution in [0.1, 0.15) is 50.6 Å². The van der Waals surface area contributed by atoms with Crippen LogP contribution in [0.4, 0.5) is 0 Å². The van der Waals surface area contributed by atoms with E-state index in [-0.39, 0.29) is 36.9 Å². The Morgan fingerprint density at radius 2 is 1.93 bits per heavy atom. The number of nitrogens with zero attached hydrogens (tertiary/aromatic N) is 1. The monoisotopic (exact) mass is 397 g/mol. The summed E-state index contributed by atoms with van der Waals surface area (Å²) in [6.45, 7) is 2.41. The van der Waals surface area contributed by atoms with E-state index in [0.717, 1.165) is 36.9 Å². The SMILES string of the molecule is CCOC(=O)CC(=O)N1C(c2ccccc2)C2=C(CNC2=O)NC2CCCCC21. The van der Waals surface area contributed by atoms with Gasteiger partial charge in [0, 0.05) is 11.7 Å². The molecule has 3 atom stereocenters. The molecule has 29 heavy (non-hydrogen) atoms. The molecule has 7 nitrogen and oxygen atoms in total. The third kappa shape index (κ3) is 3.73. The number of esters is 1. The van der Waals surface area contributed by atoms with Crippen LogP contribution in [0.3, 0.4) is 0 Å². The average Bonchev–Trinajstić information content (AvgIpc) is 2.99. The highest BCUT2D eigenvalue weighted by Crippen LogP contribution is 2.40. The Kier molecular flexibility index (Phi) is 5.56. The summed E-state index contributed by atoms with van der Waals surface area (Å²) in [4.78, 5) is 40.1. The first-order valence-corrected chi connectivity index (χ1v) is 10.4. The van der Waals surface area contributed by atoms with E-state index in [1.165, 1.54) is 0 Å². The molecule has 2 aliphatic heterocycles. The van der Waals surface area contributed by atoms with Gasteiger partial charge in [0.2, 0.25) is 5.91 Å². The van der Waals surface area contributed by atoms with Crippen molar-refractivity contribution in [3.05, 3.63) is 47.2 Å². The molecule has 2 amide bonds. The lowest BCUT2D eigenvalue weighted by molar-refractivity contribution is -0.150. The Labute approximate surface area is 170 Å². The zero-order valence-corrected chi connectivity index (χ0v) is 16.6. The smallest absolute Gasteiger partial charge is 0.315 e. The predicted octanol–water partition coefficient (Wildman–Crippen LogP) is 1.81. The fraction of sp³-hybridized carbons (Fsp3) is 0.500. The van der Waals surface area contributed by atoms with Gasteiger partial charge in [-0.05, 0) is 25.3 Å². The summed E-state index contributed by atoms with van der Waals surface area (Å²) in [5.41, 5.74) is 2.33. The van der Waals surface area contributed by atoms with Gasteiger partial charge in [0.1, 0.15) is 6.42 Å². The first kappa shape index (κ1) is 19.5. The van der Waals surface area contributed by atoms with Gasteiger partial charge >= 0.3 is 5.97 Å². The van der Waals surface area contributed by atoms with Crippen LogP contribution in [0.2, 0.25) is 0 Å². The lowest BCUT2D eigenvalue weighted by Crippen LogP contribution is -2.54. The van der Waals surface area contributed by atoms with Gasteiger partial charge < -0.3 is 20.3 Å². The third-order valence-electron chi connectivity index (χ3n) is 6.00. The molecule has 2 heterocycles. The van der Waals surface area contributed by atoms with E-state index < -0.39 is 12.0 Å². The molecule has 1 fully saturated rings. The second-order valence-corrected chi connectivity index (χ2v) is 7.77. The van der Waals surface area contributed by atoms with E-state index in [1.807, 2.05) is 30.3 Å². The zero-order chi connectivity index (χ0) is 20.4. The van der Waals surface area contributed by atoms with E-state index in [1.54, 1.807) is 11.8 Å². The van der Waals surface area contributed by atoms with Gasteiger partial charge in [-0.2, -0.15) is 0 Å². The molecule has 3 aliphatic rings. The number of nitrogens with one attached hydrogen (secondary N) is 2. The van der Waals surface area contributed by atoms with Gasteiger partial charge in [-0.15, -0.1) is 0 Å². The van der Waals surface area contributed by atoms with Crippen molar-refractivity contribution in [3.63, 3.8) is 0 Å². The molecule has 7 heteroatoms. The quantitative estimate of drug-likeness (QED) is 0.598. The minimum absolute atomic E-state index is 0.0707. The number of carbonyl (C=O) groups excluding carboxylic acids is 3. The van der Waals surface area contributed by atoms with E-state index in [2.05, 4.69) is 10.6 Å². The van der Waals surface area contributed by atoms with Crippen LogP contribution in [0.5, 0.6) is 0 Å². The second kappa shape index (κ2) is 8.27. The molecular weight excluding hydrogens is 370 g/mol. The Morgan fingerprint density at radius 3 is 2.69 bits per heavy atom. The summed E-state index contributed by atoms with van der Waals surface area (Å²) in [6, 6.07) is 9.09. The number of fused-ring (bicyclic) bond motifs is 1. The molecule has 1 aromatic carbocycles. The van der Waals surface area contributed by atoms with Gasteiger partial charge in [-0.3, -0.25) is 14.4 Å². The summed E-state index contributed by atoms with van der Waals surface area (Å²) in [6.07, 6.45) is 3.56. The van der Waals surface area contributed by atoms with Gasteiger partial charge in [-0.25, -0.2) is 0 Å². The molecule has 2 N–H and O–H groups in total. The highest BCUT2D eigenvalue weighted by molar-refractivity contribution is 6.00. The molecule has 0 aromatic heterocycles. The summed E-state index contributed by atoms with van der Waals surface area (Å²) >= 11 is 0. The highest BCUT2D eigenvalue weighted by atomic mass is 16.5. The van der Waals surface area contributed by atoms with Crippen molar-refractivity contribution in [1.29, 1.82) is 0 Å². The van der Waals surface area contributed by atoms with E-state index in [4.69, 9.17) is 4.74 Å². The number of hydrogen-bond donors (Lipinski definition) is 2. The first-order chi connectivity index (χ1) is 14.1. The molecule has 1 aliphatic carbocycles. The summed E-state index contributed by atoms with van der Waals surface area (Å²) in [7, 11) is 0. The van der Waals surface area contributed by atoms with Crippen molar-refractivity contribution in [2.75, 3.05) is 13.2 Å². The minimum Gasteiger partial charge on any atom is -0.466 e. The Balaban J connectivity index is 1.80. The maximum atomic E-state index is 13.4. The molecule has 0 bridgehead atoms. The molecule has 154 valence electrons. The molecular formula is C22H27N3O4. The Morgan fingerprint density at radius 1 is 1.17 bits per heavy atom. The van der Waals surface area contributed by atoms with Crippen LogP contribution in [-0.2, 0) is 19.1 Å². The van der Waals surface area contributed by atoms with E-state index >= 15 is 0 Å². The number of ether oxygens (including phenoxy) is 1. The summed E-state index contributed by atoms with van der Waals surface area (Å²) in [5, 5.41) is 6.46. The van der Waals surface area contributed by atoms with Gasteiger partial charge in [0.15, 0.2) is 0 Å². The van der Waals surface area contributed by atoms with E-state index in [0.29, 0.717) is 12.1 Å². The molecule has 0 saturated heterocycles. The standard InChI is InChI=1S/C22H27N3O4/c1-2-29-19(27)12-18(26)25-17-11-7-6-10-15(17)24-16-13-23-22(28)20(16)21(25)14-8-4-3-5-9-14/h3-5,8-9,15,17,21,24H,2,6-7,10-13H2,1H3,(H,23,28). The molecule has 0 spiro atoms. The highest BCUT2D eigenvalue weighted by Gasteiger charge is 2.46. The van der Waals surface area contributed by atoms with Crippen LogP contribution in [-0.4, -0.2) is 47.9 Å². The number of rotatable bonds is 4. The fourth-order valence-corrected chi connectivity index (χ4v) is 4.80. The Hall–Kier alpha value is -2.83. The van der Waals surface area contributed by atoms with Crippen LogP contribution in [0.25, 0.3) is 0 Å².